The van der Waals surface area contributed by atoms with Gasteiger partial charge in [0.15, 0.2) is 0 Å². The normalized spacial score (nSPS) is 13.9. The molecule has 1 amide bonds. The first-order valence-corrected chi connectivity index (χ1v) is 9.66. The number of hydrogen-bond acceptors (Lipinski definition) is 5. The number of benzene rings is 2. The van der Waals surface area contributed by atoms with Crippen molar-refractivity contribution < 1.29 is 9.90 Å². The number of hydrazone groups is 1. The van der Waals surface area contributed by atoms with Gasteiger partial charge in [0.2, 0.25) is 0 Å². The summed E-state index contributed by atoms with van der Waals surface area (Å²) in [6.07, 6.45) is 3.95. The minimum Gasteiger partial charge on any atom is -0.508 e. The number of amides is 1. The Bertz CT molecular complexity index is 1020. The van der Waals surface area contributed by atoms with Crippen LogP contribution in [0.3, 0.4) is 0 Å². The molecule has 0 aliphatic carbocycles. The van der Waals surface area contributed by atoms with E-state index in [1.165, 1.54) is 12.1 Å². The highest BCUT2D eigenvalue weighted by atomic mass is 16.3. The van der Waals surface area contributed by atoms with Gasteiger partial charge in [-0.2, -0.15) is 10.2 Å². The van der Waals surface area contributed by atoms with Gasteiger partial charge < -0.3 is 10.0 Å². The van der Waals surface area contributed by atoms with Crippen molar-refractivity contribution in [2.75, 3.05) is 18.0 Å². The fourth-order valence-electron chi connectivity index (χ4n) is 3.49. The van der Waals surface area contributed by atoms with E-state index in [9.17, 15) is 9.90 Å². The molecule has 1 saturated heterocycles. The maximum Gasteiger partial charge on any atom is 0.271 e. The summed E-state index contributed by atoms with van der Waals surface area (Å²) >= 11 is 0. The number of aromatic nitrogens is 2. The van der Waals surface area contributed by atoms with E-state index in [0.717, 1.165) is 48.7 Å². The molecule has 3 aromatic rings. The quantitative estimate of drug-likeness (QED) is 0.518. The lowest BCUT2D eigenvalue weighted by molar-refractivity contribution is 0.0955. The summed E-state index contributed by atoms with van der Waals surface area (Å²) < 4.78 is 1.95. The molecule has 0 unspecified atom stereocenters. The van der Waals surface area contributed by atoms with Crippen molar-refractivity contribution in [3.63, 3.8) is 0 Å². The molecule has 1 aliphatic rings. The lowest BCUT2D eigenvalue weighted by Crippen LogP contribution is -2.23. The molecule has 4 rings (SSSR count). The number of aromatic hydroxyl groups is 1. The van der Waals surface area contributed by atoms with Gasteiger partial charge in [0.05, 0.1) is 23.2 Å². The Morgan fingerprint density at radius 1 is 1.10 bits per heavy atom. The Hall–Kier alpha value is -3.61. The highest BCUT2D eigenvalue weighted by molar-refractivity contribution is 5.95. The van der Waals surface area contributed by atoms with Gasteiger partial charge in [-0.1, -0.05) is 18.2 Å². The lowest BCUT2D eigenvalue weighted by Gasteiger charge is -2.20. The van der Waals surface area contributed by atoms with Crippen LogP contribution < -0.4 is 10.3 Å². The predicted octanol–water partition coefficient (Wildman–Crippen LogP) is 3.25. The predicted molar refractivity (Wildman–Crippen MR) is 113 cm³/mol. The van der Waals surface area contributed by atoms with Crippen LogP contribution in [0.4, 0.5) is 5.82 Å². The monoisotopic (exact) mass is 389 g/mol. The van der Waals surface area contributed by atoms with Crippen LogP contribution in [0.5, 0.6) is 5.75 Å². The van der Waals surface area contributed by atoms with Crippen molar-refractivity contribution in [2.24, 2.45) is 5.10 Å². The molecule has 2 aromatic carbocycles. The maximum absolute atomic E-state index is 12.3. The Morgan fingerprint density at radius 3 is 2.48 bits per heavy atom. The zero-order valence-electron chi connectivity index (χ0n) is 16.2. The summed E-state index contributed by atoms with van der Waals surface area (Å²) in [5, 5.41) is 18.3. The van der Waals surface area contributed by atoms with Gasteiger partial charge >= 0.3 is 0 Å². The smallest absolute Gasteiger partial charge is 0.271 e. The van der Waals surface area contributed by atoms with Crippen LogP contribution in [0.1, 0.15) is 34.5 Å². The second-order valence-electron chi connectivity index (χ2n) is 7.01. The van der Waals surface area contributed by atoms with Gasteiger partial charge in [-0.3, -0.25) is 4.79 Å². The van der Waals surface area contributed by atoms with Gasteiger partial charge in [-0.15, -0.1) is 0 Å². The average Bonchev–Trinajstić information content (AvgIpc) is 3.37. The number of aryl methyl sites for hydroxylation is 1. The third-order valence-electron chi connectivity index (χ3n) is 4.98. The van der Waals surface area contributed by atoms with Gasteiger partial charge in [0.1, 0.15) is 11.6 Å². The number of anilines is 1. The van der Waals surface area contributed by atoms with E-state index in [-0.39, 0.29) is 11.7 Å². The maximum atomic E-state index is 12.3. The van der Waals surface area contributed by atoms with Crippen molar-refractivity contribution in [2.45, 2.75) is 19.8 Å². The van der Waals surface area contributed by atoms with E-state index in [1.54, 1.807) is 18.3 Å². The Kier molecular flexibility index (Phi) is 5.29. The zero-order valence-corrected chi connectivity index (χ0v) is 16.2. The number of nitrogens with zero attached hydrogens (tertiary/aromatic N) is 4. The summed E-state index contributed by atoms with van der Waals surface area (Å²) in [7, 11) is 0. The molecule has 7 heteroatoms. The molecule has 0 radical (unpaired) electrons. The molecule has 0 bridgehead atoms. The minimum absolute atomic E-state index is 0.115. The molecule has 2 N–H and O–H groups in total. The summed E-state index contributed by atoms with van der Waals surface area (Å²) in [6, 6.07) is 16.1. The second kappa shape index (κ2) is 8.18. The molecular weight excluding hydrogens is 366 g/mol. The van der Waals surface area contributed by atoms with E-state index >= 15 is 0 Å². The minimum atomic E-state index is -0.336. The average molecular weight is 389 g/mol. The van der Waals surface area contributed by atoms with Gasteiger partial charge in [-0.05, 0) is 56.2 Å². The lowest BCUT2D eigenvalue weighted by atomic mass is 10.2. The van der Waals surface area contributed by atoms with Crippen LogP contribution in [0, 0.1) is 6.92 Å². The first-order chi connectivity index (χ1) is 14.1. The molecule has 0 saturated carbocycles. The molecule has 29 heavy (non-hydrogen) atoms. The second-order valence-corrected chi connectivity index (χ2v) is 7.01. The molecule has 148 valence electrons. The fraction of sp³-hybridized carbons (Fsp3) is 0.227. The topological polar surface area (TPSA) is 82.8 Å². The van der Waals surface area contributed by atoms with E-state index in [4.69, 9.17) is 5.10 Å². The van der Waals surface area contributed by atoms with Gasteiger partial charge in [0, 0.05) is 18.7 Å². The number of carbonyl (C=O) groups is 1. The largest absolute Gasteiger partial charge is 0.508 e. The van der Waals surface area contributed by atoms with Crippen molar-refractivity contribution in [1.82, 2.24) is 15.2 Å². The molecular formula is C22H23N5O2. The van der Waals surface area contributed by atoms with Crippen molar-refractivity contribution >= 4 is 17.9 Å². The van der Waals surface area contributed by atoms with E-state index in [0.29, 0.717) is 5.56 Å². The molecule has 0 spiro atoms. The molecule has 1 aliphatic heterocycles. The first-order valence-electron chi connectivity index (χ1n) is 9.66. The summed E-state index contributed by atoms with van der Waals surface area (Å²) in [4.78, 5) is 14.6. The van der Waals surface area contributed by atoms with Crippen molar-refractivity contribution in [1.29, 1.82) is 0 Å². The first kappa shape index (κ1) is 18.7. The van der Waals surface area contributed by atoms with Crippen LogP contribution in [-0.4, -0.2) is 40.1 Å². The number of phenols is 1. The molecule has 1 aromatic heterocycles. The van der Waals surface area contributed by atoms with Crippen LogP contribution in [-0.2, 0) is 0 Å². The van der Waals surface area contributed by atoms with Crippen LogP contribution in [0.15, 0.2) is 59.7 Å². The Balaban J connectivity index is 1.62. The molecule has 1 fully saturated rings. The number of carbonyl (C=O) groups excluding carboxylic acids is 1. The van der Waals surface area contributed by atoms with E-state index in [1.807, 2.05) is 41.9 Å². The molecule has 2 heterocycles. The van der Waals surface area contributed by atoms with E-state index in [2.05, 4.69) is 15.4 Å². The van der Waals surface area contributed by atoms with Crippen molar-refractivity contribution in [3.8, 4) is 11.4 Å². The Labute approximate surface area is 169 Å². The number of hydrogen-bond donors (Lipinski definition) is 2. The fourth-order valence-corrected chi connectivity index (χ4v) is 3.49. The van der Waals surface area contributed by atoms with Gasteiger partial charge in [0.25, 0.3) is 5.91 Å². The number of nitrogens with one attached hydrogen (secondary N) is 1. The SMILES string of the molecule is Cc1nn(-c2ccccc2)c(N2CCCC2)c1/C=N\NC(=O)c1ccc(O)cc1. The van der Waals surface area contributed by atoms with Gasteiger partial charge in [-0.25, -0.2) is 10.1 Å². The van der Waals surface area contributed by atoms with Crippen LogP contribution in [0.2, 0.25) is 0 Å². The zero-order chi connectivity index (χ0) is 20.2. The van der Waals surface area contributed by atoms with Crippen molar-refractivity contribution in [3.05, 3.63) is 71.4 Å². The number of phenolic OH excluding ortho intramolecular Hbond substituents is 1. The van der Waals surface area contributed by atoms with Crippen LogP contribution >= 0.6 is 0 Å². The van der Waals surface area contributed by atoms with E-state index < -0.39 is 0 Å². The highest BCUT2D eigenvalue weighted by Gasteiger charge is 2.23. The summed E-state index contributed by atoms with van der Waals surface area (Å²) in [5.41, 5.74) is 5.71. The highest BCUT2D eigenvalue weighted by Crippen LogP contribution is 2.28. The summed E-state index contributed by atoms with van der Waals surface area (Å²) in [6.45, 7) is 3.89. The summed E-state index contributed by atoms with van der Waals surface area (Å²) in [5.74, 6) is 0.773. The number of para-hydroxylation sites is 1. The molecule has 7 nitrogen and oxygen atoms in total. The third-order valence-corrected chi connectivity index (χ3v) is 4.98. The number of rotatable bonds is 5. The molecule has 0 atom stereocenters. The third kappa shape index (κ3) is 3.99. The Morgan fingerprint density at radius 2 is 1.79 bits per heavy atom. The van der Waals surface area contributed by atoms with Crippen LogP contribution in [0.25, 0.3) is 5.69 Å². The standard InChI is InChI=1S/C22H23N5O2/c1-16-20(15-23-24-21(29)17-9-11-19(28)12-10-17)22(26-13-5-6-14-26)27(25-16)18-7-3-2-4-8-18/h2-4,7-12,15,28H,5-6,13-14H2,1H3,(H,24,29)/b23-15-.